The first-order chi connectivity index (χ1) is 12.9. The number of piperidine rings is 2. The average molecular weight is 376 g/mol. The fraction of sp³-hybridized carbons (Fsp3) is 0.667. The molecule has 0 radical (unpaired) electrons. The lowest BCUT2D eigenvalue weighted by molar-refractivity contribution is -0.154. The zero-order valence-corrected chi connectivity index (χ0v) is 16.7. The molecule has 2 saturated heterocycles. The maximum atomic E-state index is 12.6. The summed E-state index contributed by atoms with van der Waals surface area (Å²) in [4.78, 5) is 16.7. The van der Waals surface area contributed by atoms with E-state index in [0.717, 1.165) is 44.0 Å². The van der Waals surface area contributed by atoms with E-state index in [1.54, 1.807) is 11.9 Å². The van der Waals surface area contributed by atoms with Gasteiger partial charge in [-0.1, -0.05) is 6.07 Å². The number of nitrogens with zero attached hydrogens (tertiary/aromatic N) is 2. The van der Waals surface area contributed by atoms with E-state index < -0.39 is 6.10 Å². The summed E-state index contributed by atoms with van der Waals surface area (Å²) in [5.74, 6) is 1.83. The Labute approximate surface area is 162 Å². The van der Waals surface area contributed by atoms with Crippen LogP contribution in [0.2, 0.25) is 0 Å². The van der Waals surface area contributed by atoms with Crippen LogP contribution >= 0.6 is 0 Å². The van der Waals surface area contributed by atoms with Crippen LogP contribution in [-0.4, -0.2) is 72.9 Å². The molecule has 2 aliphatic rings. The highest BCUT2D eigenvalue weighted by atomic mass is 16.5. The standard InChI is InChI=1S/C21H32N2O4/c1-16(2)27-19-6-4-5-18(13-19)26-12-11-23-9-7-21(8-10-23)14-17(24)15-22(3)20(21)25/h4-6,13,16-17,24H,7-12,14-15H2,1-3H3. The van der Waals surface area contributed by atoms with Crippen LogP contribution in [0.25, 0.3) is 0 Å². The Morgan fingerprint density at radius 1 is 1.26 bits per heavy atom. The molecule has 0 aromatic heterocycles. The van der Waals surface area contributed by atoms with Crippen molar-refractivity contribution < 1.29 is 19.4 Å². The molecule has 2 heterocycles. The molecular weight excluding hydrogens is 344 g/mol. The third-order valence-electron chi connectivity index (χ3n) is 5.58. The van der Waals surface area contributed by atoms with Crippen molar-refractivity contribution in [1.29, 1.82) is 0 Å². The Bertz CT molecular complexity index is 641. The average Bonchev–Trinajstić information content (AvgIpc) is 2.61. The minimum atomic E-state index is -0.400. The van der Waals surface area contributed by atoms with Crippen LogP contribution in [0.3, 0.4) is 0 Å². The number of aliphatic hydroxyl groups excluding tert-OH is 1. The first kappa shape index (κ1) is 20.0. The number of carbonyl (C=O) groups excluding carboxylic acids is 1. The summed E-state index contributed by atoms with van der Waals surface area (Å²) < 4.78 is 11.6. The molecule has 1 amide bonds. The molecule has 27 heavy (non-hydrogen) atoms. The molecule has 1 spiro atoms. The van der Waals surface area contributed by atoms with Gasteiger partial charge in [0.1, 0.15) is 18.1 Å². The number of likely N-dealkylation sites (N-methyl/N-ethyl adjacent to an activating group) is 1. The Morgan fingerprint density at radius 2 is 1.96 bits per heavy atom. The van der Waals surface area contributed by atoms with E-state index in [2.05, 4.69) is 4.90 Å². The lowest BCUT2D eigenvalue weighted by Crippen LogP contribution is -2.56. The van der Waals surface area contributed by atoms with Crippen molar-refractivity contribution in [3.63, 3.8) is 0 Å². The van der Waals surface area contributed by atoms with Crippen molar-refractivity contribution in [3.05, 3.63) is 24.3 Å². The lowest BCUT2D eigenvalue weighted by atomic mass is 9.71. The Morgan fingerprint density at radius 3 is 2.67 bits per heavy atom. The van der Waals surface area contributed by atoms with Crippen molar-refractivity contribution in [2.24, 2.45) is 5.41 Å². The van der Waals surface area contributed by atoms with Crippen molar-refractivity contribution >= 4 is 5.91 Å². The second-order valence-corrected chi connectivity index (χ2v) is 8.16. The number of rotatable bonds is 6. The number of hydrogen-bond donors (Lipinski definition) is 1. The Hall–Kier alpha value is -1.79. The number of β-amino-alcohol motifs (C(OH)–C–C–N with tert-alkyl or cyclic N) is 1. The fourth-order valence-corrected chi connectivity index (χ4v) is 4.23. The van der Waals surface area contributed by atoms with Crippen LogP contribution in [0.1, 0.15) is 33.1 Å². The number of hydrogen-bond acceptors (Lipinski definition) is 5. The number of aliphatic hydroxyl groups is 1. The molecule has 1 aromatic rings. The fourth-order valence-electron chi connectivity index (χ4n) is 4.23. The minimum Gasteiger partial charge on any atom is -0.492 e. The van der Waals surface area contributed by atoms with Crippen LogP contribution < -0.4 is 9.47 Å². The van der Waals surface area contributed by atoms with Gasteiger partial charge in [0.25, 0.3) is 0 Å². The summed E-state index contributed by atoms with van der Waals surface area (Å²) in [5.41, 5.74) is -0.369. The van der Waals surface area contributed by atoms with Crippen LogP contribution in [-0.2, 0) is 4.79 Å². The summed E-state index contributed by atoms with van der Waals surface area (Å²) in [5, 5.41) is 10.1. The highest BCUT2D eigenvalue weighted by molar-refractivity contribution is 5.83. The summed E-state index contributed by atoms with van der Waals surface area (Å²) in [6, 6.07) is 7.73. The number of ether oxygens (including phenoxy) is 2. The predicted octanol–water partition coefficient (Wildman–Crippen LogP) is 2.16. The molecule has 6 nitrogen and oxygen atoms in total. The molecule has 0 saturated carbocycles. The van der Waals surface area contributed by atoms with E-state index in [4.69, 9.17) is 9.47 Å². The van der Waals surface area contributed by atoms with Gasteiger partial charge in [-0.3, -0.25) is 9.69 Å². The molecule has 150 valence electrons. The zero-order chi connectivity index (χ0) is 19.4. The van der Waals surface area contributed by atoms with E-state index in [0.29, 0.717) is 19.6 Å². The van der Waals surface area contributed by atoms with E-state index in [1.165, 1.54) is 0 Å². The van der Waals surface area contributed by atoms with Crippen LogP contribution in [0.5, 0.6) is 11.5 Å². The molecule has 2 fully saturated rings. The SMILES string of the molecule is CC(C)Oc1cccc(OCCN2CCC3(CC2)CC(O)CN(C)C3=O)c1. The first-order valence-corrected chi connectivity index (χ1v) is 9.93. The Balaban J connectivity index is 1.45. The van der Waals surface area contributed by atoms with Gasteiger partial charge >= 0.3 is 0 Å². The highest BCUT2D eigenvalue weighted by Crippen LogP contribution is 2.40. The maximum absolute atomic E-state index is 12.6. The Kier molecular flexibility index (Phi) is 6.27. The van der Waals surface area contributed by atoms with Gasteiger partial charge in [0.05, 0.1) is 17.6 Å². The van der Waals surface area contributed by atoms with Crippen molar-refractivity contribution in [2.75, 3.05) is 39.8 Å². The monoisotopic (exact) mass is 376 g/mol. The molecule has 1 atom stereocenters. The topological polar surface area (TPSA) is 62.2 Å². The third kappa shape index (κ3) is 4.93. The van der Waals surface area contributed by atoms with Crippen molar-refractivity contribution in [1.82, 2.24) is 9.80 Å². The molecule has 2 aliphatic heterocycles. The summed E-state index contributed by atoms with van der Waals surface area (Å²) in [6.07, 6.45) is 1.96. The lowest BCUT2D eigenvalue weighted by Gasteiger charge is -2.47. The van der Waals surface area contributed by atoms with Gasteiger partial charge in [-0.05, 0) is 58.3 Å². The minimum absolute atomic E-state index is 0.140. The molecular formula is C21H32N2O4. The molecule has 1 aromatic carbocycles. The van der Waals surface area contributed by atoms with Gasteiger partial charge in [-0.2, -0.15) is 0 Å². The predicted molar refractivity (Wildman–Crippen MR) is 104 cm³/mol. The van der Waals surface area contributed by atoms with Gasteiger partial charge in [0, 0.05) is 26.2 Å². The summed E-state index contributed by atoms with van der Waals surface area (Å²) in [7, 11) is 1.80. The highest BCUT2D eigenvalue weighted by Gasteiger charge is 2.47. The van der Waals surface area contributed by atoms with Gasteiger partial charge in [-0.25, -0.2) is 0 Å². The van der Waals surface area contributed by atoms with Gasteiger partial charge in [0.2, 0.25) is 5.91 Å². The number of benzene rings is 1. The molecule has 1 N–H and O–H groups in total. The molecule has 0 aliphatic carbocycles. The van der Waals surface area contributed by atoms with Crippen molar-refractivity contribution in [3.8, 4) is 11.5 Å². The number of carbonyl (C=O) groups is 1. The summed E-state index contributed by atoms with van der Waals surface area (Å²) >= 11 is 0. The van der Waals surface area contributed by atoms with E-state index in [-0.39, 0.29) is 17.4 Å². The second kappa shape index (κ2) is 8.48. The largest absolute Gasteiger partial charge is 0.492 e. The molecule has 0 bridgehead atoms. The van der Waals surface area contributed by atoms with Crippen LogP contribution in [0, 0.1) is 5.41 Å². The zero-order valence-electron chi connectivity index (χ0n) is 16.7. The molecule has 1 unspecified atom stereocenters. The van der Waals surface area contributed by atoms with Crippen molar-refractivity contribution in [2.45, 2.75) is 45.3 Å². The number of amides is 1. The normalized spacial score (nSPS) is 23.1. The third-order valence-corrected chi connectivity index (χ3v) is 5.58. The van der Waals surface area contributed by atoms with Crippen LogP contribution in [0.4, 0.5) is 0 Å². The first-order valence-electron chi connectivity index (χ1n) is 9.93. The van der Waals surface area contributed by atoms with Crippen LogP contribution in [0.15, 0.2) is 24.3 Å². The van der Waals surface area contributed by atoms with Gasteiger partial charge in [0.15, 0.2) is 0 Å². The van der Waals surface area contributed by atoms with E-state index >= 15 is 0 Å². The summed E-state index contributed by atoms with van der Waals surface area (Å²) in [6.45, 7) is 7.64. The quantitative estimate of drug-likeness (QED) is 0.824. The second-order valence-electron chi connectivity index (χ2n) is 8.16. The van der Waals surface area contributed by atoms with E-state index in [9.17, 15) is 9.90 Å². The smallest absolute Gasteiger partial charge is 0.228 e. The maximum Gasteiger partial charge on any atom is 0.228 e. The van der Waals surface area contributed by atoms with Gasteiger partial charge < -0.3 is 19.5 Å². The molecule has 6 heteroatoms. The molecule has 3 rings (SSSR count). The van der Waals surface area contributed by atoms with E-state index in [1.807, 2.05) is 38.1 Å². The van der Waals surface area contributed by atoms with Gasteiger partial charge in [-0.15, -0.1) is 0 Å². The number of likely N-dealkylation sites (tertiary alicyclic amines) is 2.